The molecule has 8 heteroatoms. The largest absolute Gasteiger partial charge is 0.418 e. The Kier molecular flexibility index (Phi) is 2.50. The molecular formula is C9H2ClF3N2O2. The van der Waals surface area contributed by atoms with Crippen LogP contribution < -0.4 is 10.7 Å². The maximum atomic E-state index is 12.6. The van der Waals surface area contributed by atoms with Gasteiger partial charge in [-0.1, -0.05) is 11.6 Å². The molecule has 1 aromatic carbocycles. The van der Waals surface area contributed by atoms with Crippen LogP contribution in [0.15, 0.2) is 22.1 Å². The molecule has 0 atom stereocenters. The molecule has 1 aromatic rings. The van der Waals surface area contributed by atoms with Crippen LogP contribution in [0.2, 0.25) is 5.02 Å². The van der Waals surface area contributed by atoms with Gasteiger partial charge in [0.05, 0.1) is 10.9 Å². The lowest BCUT2D eigenvalue weighted by Crippen LogP contribution is -2.39. The summed E-state index contributed by atoms with van der Waals surface area (Å²) in [4.78, 5) is 28.1. The summed E-state index contributed by atoms with van der Waals surface area (Å²) < 4.78 is 37.9. The van der Waals surface area contributed by atoms with Crippen LogP contribution in [0.5, 0.6) is 0 Å². The quantitative estimate of drug-likeness (QED) is 0.645. The van der Waals surface area contributed by atoms with Crippen molar-refractivity contribution in [1.29, 1.82) is 0 Å². The first kappa shape index (κ1) is 11.7. The second kappa shape index (κ2) is 3.63. The fourth-order valence-corrected chi connectivity index (χ4v) is 1.52. The molecule has 1 aliphatic rings. The van der Waals surface area contributed by atoms with E-state index in [9.17, 15) is 22.8 Å². The smallest absolute Gasteiger partial charge is 0.261 e. The van der Waals surface area contributed by atoms with Gasteiger partial charge in [-0.2, -0.15) is 13.2 Å². The maximum Gasteiger partial charge on any atom is 0.418 e. The number of rotatable bonds is 0. The number of carbonyl (C=O) groups excluding carboxylic acids is 2. The summed E-state index contributed by atoms with van der Waals surface area (Å²) in [6.07, 6.45) is -4.73. The number of fused-ring (bicyclic) bond motifs is 1. The zero-order chi connectivity index (χ0) is 12.8. The van der Waals surface area contributed by atoms with E-state index < -0.39 is 28.9 Å². The highest BCUT2D eigenvalue weighted by atomic mass is 35.5. The van der Waals surface area contributed by atoms with E-state index in [4.69, 9.17) is 11.6 Å². The molecule has 2 rings (SSSR count). The van der Waals surface area contributed by atoms with Crippen molar-refractivity contribution in [2.75, 3.05) is 0 Å². The Morgan fingerprint density at radius 2 is 1.65 bits per heavy atom. The Bertz CT molecular complexity index is 651. The molecule has 17 heavy (non-hydrogen) atoms. The van der Waals surface area contributed by atoms with Gasteiger partial charge in [-0.05, 0) is 12.1 Å². The summed E-state index contributed by atoms with van der Waals surface area (Å²) in [5.74, 6) is -2.54. The molecule has 88 valence electrons. The van der Waals surface area contributed by atoms with Crippen LogP contribution in [0.25, 0.3) is 0 Å². The second-order valence-electron chi connectivity index (χ2n) is 3.15. The fourth-order valence-electron chi connectivity index (χ4n) is 1.31. The topological polar surface area (TPSA) is 58.9 Å². The summed E-state index contributed by atoms with van der Waals surface area (Å²) in [5, 5.41) is -1.27. The van der Waals surface area contributed by atoms with Crippen molar-refractivity contribution < 1.29 is 22.8 Å². The van der Waals surface area contributed by atoms with Crippen LogP contribution in [-0.4, -0.2) is 11.8 Å². The van der Waals surface area contributed by atoms with Gasteiger partial charge in [0.1, 0.15) is 5.36 Å². The molecule has 0 spiro atoms. The normalized spacial score (nSPS) is 15.1. The molecule has 1 heterocycles. The molecule has 1 aliphatic heterocycles. The molecule has 0 bridgehead atoms. The van der Waals surface area contributed by atoms with E-state index in [2.05, 4.69) is 9.98 Å². The van der Waals surface area contributed by atoms with Crippen LogP contribution in [-0.2, 0) is 15.8 Å². The monoisotopic (exact) mass is 262 g/mol. The molecule has 4 nitrogen and oxygen atoms in total. The summed E-state index contributed by atoms with van der Waals surface area (Å²) >= 11 is 5.47. The van der Waals surface area contributed by atoms with Crippen LogP contribution in [0, 0.1) is 0 Å². The molecule has 0 N–H and O–H groups in total. The zero-order valence-electron chi connectivity index (χ0n) is 7.88. The lowest BCUT2D eigenvalue weighted by molar-refractivity contribution is -0.140. The minimum atomic E-state index is -4.73. The van der Waals surface area contributed by atoms with E-state index in [0.717, 1.165) is 6.07 Å². The van der Waals surface area contributed by atoms with Crippen LogP contribution in [0.4, 0.5) is 13.2 Å². The van der Waals surface area contributed by atoms with Gasteiger partial charge in [0, 0.05) is 5.02 Å². The highest BCUT2D eigenvalue weighted by Gasteiger charge is 2.34. The minimum Gasteiger partial charge on any atom is -0.261 e. The van der Waals surface area contributed by atoms with Gasteiger partial charge >= 0.3 is 18.0 Å². The SMILES string of the molecule is O=C1N=c2cc(Cl)cc(C(F)(F)F)c2=NC1=O. The van der Waals surface area contributed by atoms with E-state index in [1.807, 2.05) is 0 Å². The molecule has 2 amide bonds. The minimum absolute atomic E-state index is 0.239. The third-order valence-electron chi connectivity index (χ3n) is 1.98. The molecule has 0 saturated heterocycles. The third kappa shape index (κ3) is 2.05. The Morgan fingerprint density at radius 3 is 2.24 bits per heavy atom. The molecule has 0 unspecified atom stereocenters. The van der Waals surface area contributed by atoms with E-state index in [-0.39, 0.29) is 10.4 Å². The van der Waals surface area contributed by atoms with Crippen molar-refractivity contribution in [3.63, 3.8) is 0 Å². The van der Waals surface area contributed by atoms with Gasteiger partial charge < -0.3 is 0 Å². The van der Waals surface area contributed by atoms with Crippen molar-refractivity contribution in [1.82, 2.24) is 0 Å². The van der Waals surface area contributed by atoms with Crippen LogP contribution in [0.3, 0.4) is 0 Å². The number of nitrogens with zero attached hydrogens (tertiary/aromatic N) is 2. The summed E-state index contributed by atoms with van der Waals surface area (Å²) in [6.45, 7) is 0. The van der Waals surface area contributed by atoms with E-state index in [1.54, 1.807) is 0 Å². The van der Waals surface area contributed by atoms with E-state index >= 15 is 0 Å². The van der Waals surface area contributed by atoms with Crippen molar-refractivity contribution in [2.24, 2.45) is 9.98 Å². The van der Waals surface area contributed by atoms with Gasteiger partial charge in [0.15, 0.2) is 0 Å². The first-order valence-corrected chi connectivity index (χ1v) is 4.59. The first-order valence-electron chi connectivity index (χ1n) is 4.21. The first-order chi connectivity index (χ1) is 7.79. The summed E-state index contributed by atoms with van der Waals surface area (Å²) in [5.41, 5.74) is -1.19. The molecule has 0 aliphatic carbocycles. The van der Waals surface area contributed by atoms with Gasteiger partial charge in [0.2, 0.25) is 0 Å². The van der Waals surface area contributed by atoms with Gasteiger partial charge in [-0.15, -0.1) is 0 Å². The van der Waals surface area contributed by atoms with Crippen molar-refractivity contribution in [3.8, 4) is 0 Å². The number of amides is 2. The average Bonchev–Trinajstić information content (AvgIpc) is 2.18. The summed E-state index contributed by atoms with van der Waals surface area (Å²) in [7, 11) is 0. The molecule has 0 aromatic heterocycles. The highest BCUT2D eigenvalue weighted by Crippen LogP contribution is 2.27. The van der Waals surface area contributed by atoms with Gasteiger partial charge in [-0.25, -0.2) is 9.98 Å². The fraction of sp³-hybridized carbons (Fsp3) is 0.111. The maximum absolute atomic E-state index is 12.6. The lowest BCUT2D eigenvalue weighted by Gasteiger charge is -2.08. The Morgan fingerprint density at radius 1 is 1.06 bits per heavy atom. The lowest BCUT2D eigenvalue weighted by atomic mass is 10.1. The number of hydrogen-bond acceptors (Lipinski definition) is 2. The summed E-state index contributed by atoms with van der Waals surface area (Å²) in [6, 6.07) is 1.67. The number of halogens is 4. The van der Waals surface area contributed by atoms with Crippen LogP contribution >= 0.6 is 11.6 Å². The van der Waals surface area contributed by atoms with Crippen LogP contribution in [0.1, 0.15) is 5.56 Å². The second-order valence-corrected chi connectivity index (χ2v) is 3.59. The van der Waals surface area contributed by atoms with E-state index in [1.165, 1.54) is 0 Å². The molecule has 0 fully saturated rings. The van der Waals surface area contributed by atoms with Gasteiger partial charge in [-0.3, -0.25) is 9.59 Å². The molecule has 0 radical (unpaired) electrons. The van der Waals surface area contributed by atoms with Gasteiger partial charge in [0.25, 0.3) is 0 Å². The number of alkyl halides is 3. The predicted octanol–water partition coefficient (Wildman–Crippen LogP) is 0.665. The zero-order valence-corrected chi connectivity index (χ0v) is 8.63. The third-order valence-corrected chi connectivity index (χ3v) is 2.20. The molecular weight excluding hydrogens is 261 g/mol. The Hall–Kier alpha value is -1.76. The van der Waals surface area contributed by atoms with Crippen molar-refractivity contribution in [2.45, 2.75) is 6.18 Å². The average molecular weight is 263 g/mol. The number of hydrogen-bond donors (Lipinski definition) is 0. The predicted molar refractivity (Wildman–Crippen MR) is 48.8 cm³/mol. The molecule has 0 saturated carbocycles. The van der Waals surface area contributed by atoms with Crippen molar-refractivity contribution >= 4 is 23.4 Å². The van der Waals surface area contributed by atoms with E-state index in [0.29, 0.717) is 6.07 Å². The standard InChI is InChI=1S/C9H2ClF3N2O2/c10-3-1-4(9(11,12)13)6-5(2-3)14-7(16)8(17)15-6/h1-2H. The number of benzene rings is 1. The highest BCUT2D eigenvalue weighted by molar-refractivity contribution is 6.36. The Balaban J connectivity index is 2.92. The Labute approximate surface area is 96.4 Å². The van der Waals surface area contributed by atoms with Crippen molar-refractivity contribution in [3.05, 3.63) is 33.4 Å². The number of carbonyl (C=O) groups is 2.